The van der Waals surface area contributed by atoms with Crippen LogP contribution in [0.2, 0.25) is 0 Å². The Balaban J connectivity index is 2.75. The maximum absolute atomic E-state index is 11.6. The molecular formula is C10H18O. The molecule has 1 aliphatic rings. The fourth-order valence-corrected chi connectivity index (χ4v) is 2.43. The van der Waals surface area contributed by atoms with Gasteiger partial charge in [-0.15, -0.1) is 0 Å². The van der Waals surface area contributed by atoms with Crippen molar-refractivity contribution < 1.29 is 4.79 Å². The molecule has 2 atom stereocenters. The van der Waals surface area contributed by atoms with Crippen LogP contribution in [0.25, 0.3) is 0 Å². The van der Waals surface area contributed by atoms with Crippen molar-refractivity contribution in [1.29, 1.82) is 0 Å². The molecule has 1 saturated carbocycles. The van der Waals surface area contributed by atoms with Crippen LogP contribution in [0.3, 0.4) is 0 Å². The van der Waals surface area contributed by atoms with Crippen molar-refractivity contribution in [3.63, 3.8) is 0 Å². The highest BCUT2D eigenvalue weighted by atomic mass is 16.1. The molecule has 0 aliphatic heterocycles. The first kappa shape index (κ1) is 8.76. The summed E-state index contributed by atoms with van der Waals surface area (Å²) < 4.78 is 0. The minimum absolute atomic E-state index is 0.0584. The largest absolute Gasteiger partial charge is 0.299 e. The van der Waals surface area contributed by atoms with E-state index in [1.807, 2.05) is 0 Å². The molecule has 0 saturated heterocycles. The van der Waals surface area contributed by atoms with E-state index in [0.29, 0.717) is 5.78 Å². The van der Waals surface area contributed by atoms with E-state index in [1.54, 1.807) is 0 Å². The highest BCUT2D eigenvalue weighted by Crippen LogP contribution is 2.38. The predicted molar refractivity (Wildman–Crippen MR) is 46.4 cm³/mol. The topological polar surface area (TPSA) is 17.1 Å². The molecule has 0 N–H and O–H groups in total. The summed E-state index contributed by atoms with van der Waals surface area (Å²) in [4.78, 5) is 11.6. The monoisotopic (exact) mass is 154 g/mol. The van der Waals surface area contributed by atoms with Gasteiger partial charge in [0.2, 0.25) is 0 Å². The molecule has 0 heterocycles. The smallest absolute Gasteiger partial charge is 0.141 e. The average molecular weight is 154 g/mol. The Hall–Kier alpha value is -0.330. The van der Waals surface area contributed by atoms with Gasteiger partial charge in [-0.25, -0.2) is 0 Å². The van der Waals surface area contributed by atoms with Gasteiger partial charge in [0, 0.05) is 11.3 Å². The van der Waals surface area contributed by atoms with Gasteiger partial charge < -0.3 is 0 Å². The van der Waals surface area contributed by atoms with E-state index in [4.69, 9.17) is 0 Å². The van der Waals surface area contributed by atoms with E-state index in [0.717, 1.165) is 18.8 Å². The molecule has 0 bridgehead atoms. The van der Waals surface area contributed by atoms with Crippen LogP contribution in [-0.4, -0.2) is 5.78 Å². The summed E-state index contributed by atoms with van der Waals surface area (Å²) in [5.41, 5.74) is -0.0584. The Morgan fingerprint density at radius 3 is 2.36 bits per heavy atom. The Labute approximate surface area is 69.2 Å². The molecule has 0 aromatic rings. The number of rotatable bonds is 0. The van der Waals surface area contributed by atoms with Crippen LogP contribution in [0, 0.1) is 17.3 Å². The third kappa shape index (κ3) is 1.63. The summed E-state index contributed by atoms with van der Waals surface area (Å²) in [6.07, 6.45) is 2.15. The van der Waals surface area contributed by atoms with Gasteiger partial charge in [0.05, 0.1) is 0 Å². The molecule has 0 unspecified atom stereocenters. The highest BCUT2D eigenvalue weighted by Gasteiger charge is 2.37. The Morgan fingerprint density at radius 1 is 1.36 bits per heavy atom. The van der Waals surface area contributed by atoms with Crippen molar-refractivity contribution in [1.82, 2.24) is 0 Å². The second kappa shape index (κ2) is 2.62. The minimum atomic E-state index is -0.0584. The molecule has 0 spiro atoms. The van der Waals surface area contributed by atoms with Gasteiger partial charge in [-0.05, 0) is 18.8 Å². The van der Waals surface area contributed by atoms with Crippen LogP contribution < -0.4 is 0 Å². The van der Waals surface area contributed by atoms with Gasteiger partial charge in [0.15, 0.2) is 0 Å². The van der Waals surface area contributed by atoms with Crippen molar-refractivity contribution in [2.45, 2.75) is 40.5 Å². The first-order valence-corrected chi connectivity index (χ1v) is 4.48. The maximum atomic E-state index is 11.6. The molecule has 0 aromatic heterocycles. The van der Waals surface area contributed by atoms with Crippen molar-refractivity contribution in [2.75, 3.05) is 0 Å². The summed E-state index contributed by atoms with van der Waals surface area (Å²) in [5, 5.41) is 0. The number of Topliss-reactive ketones (excluding diaryl/α,β-unsaturated/α-hetero) is 1. The molecule has 1 rings (SSSR count). The first-order valence-electron chi connectivity index (χ1n) is 4.48. The summed E-state index contributed by atoms with van der Waals surface area (Å²) in [7, 11) is 0. The molecule has 0 aromatic carbocycles. The number of hydrogen-bond donors (Lipinski definition) is 0. The van der Waals surface area contributed by atoms with E-state index >= 15 is 0 Å². The third-order valence-electron chi connectivity index (χ3n) is 2.73. The molecule has 1 aliphatic carbocycles. The van der Waals surface area contributed by atoms with Crippen LogP contribution in [0.4, 0.5) is 0 Å². The summed E-state index contributed by atoms with van der Waals surface area (Å²) in [6.45, 7) is 8.44. The summed E-state index contributed by atoms with van der Waals surface area (Å²) in [5.74, 6) is 1.46. The molecule has 0 amide bonds. The zero-order valence-electron chi connectivity index (χ0n) is 7.98. The minimum Gasteiger partial charge on any atom is -0.299 e. The van der Waals surface area contributed by atoms with Crippen molar-refractivity contribution in [2.24, 2.45) is 17.3 Å². The van der Waals surface area contributed by atoms with Crippen LogP contribution in [0.1, 0.15) is 40.5 Å². The van der Waals surface area contributed by atoms with Crippen LogP contribution in [0.15, 0.2) is 0 Å². The molecule has 1 heteroatoms. The van der Waals surface area contributed by atoms with Crippen LogP contribution >= 0.6 is 0 Å². The van der Waals surface area contributed by atoms with E-state index in [9.17, 15) is 4.79 Å². The lowest BCUT2D eigenvalue weighted by Gasteiger charge is -2.35. The Kier molecular flexibility index (Phi) is 2.08. The quantitative estimate of drug-likeness (QED) is 0.524. The molecule has 64 valence electrons. The third-order valence-corrected chi connectivity index (χ3v) is 2.73. The summed E-state index contributed by atoms with van der Waals surface area (Å²) in [6, 6.07) is 0. The van der Waals surface area contributed by atoms with Crippen LogP contribution in [0.5, 0.6) is 0 Å². The molecule has 1 nitrogen and oxygen atoms in total. The first-order chi connectivity index (χ1) is 4.93. The van der Waals surface area contributed by atoms with Crippen molar-refractivity contribution >= 4 is 5.78 Å². The van der Waals surface area contributed by atoms with Gasteiger partial charge in [-0.3, -0.25) is 4.79 Å². The van der Waals surface area contributed by atoms with Crippen molar-refractivity contribution in [3.05, 3.63) is 0 Å². The molecule has 0 radical (unpaired) electrons. The standard InChI is InChI=1S/C10H18O/c1-7-5-8(2)9(11)10(3,4)6-7/h7-8H,5-6H2,1-4H3/t7-,8+/m0/s1. The summed E-state index contributed by atoms with van der Waals surface area (Å²) >= 11 is 0. The number of hydrogen-bond acceptors (Lipinski definition) is 1. The lowest BCUT2D eigenvalue weighted by Crippen LogP contribution is -2.37. The maximum Gasteiger partial charge on any atom is 0.141 e. The zero-order valence-corrected chi connectivity index (χ0v) is 7.98. The van der Waals surface area contributed by atoms with E-state index in [1.165, 1.54) is 0 Å². The second-order valence-corrected chi connectivity index (χ2v) is 4.69. The average Bonchev–Trinajstić information content (AvgIpc) is 1.81. The zero-order chi connectivity index (χ0) is 8.65. The Bertz CT molecular complexity index is 170. The van der Waals surface area contributed by atoms with Gasteiger partial charge in [0.1, 0.15) is 5.78 Å². The highest BCUT2D eigenvalue weighted by molar-refractivity contribution is 5.86. The fourth-order valence-electron chi connectivity index (χ4n) is 2.43. The number of carbonyl (C=O) groups excluding carboxylic acids is 1. The van der Waals surface area contributed by atoms with Gasteiger partial charge in [0.25, 0.3) is 0 Å². The molecule has 1 fully saturated rings. The predicted octanol–water partition coefficient (Wildman–Crippen LogP) is 2.65. The van der Waals surface area contributed by atoms with Gasteiger partial charge in [-0.2, -0.15) is 0 Å². The van der Waals surface area contributed by atoms with Gasteiger partial charge >= 0.3 is 0 Å². The lowest BCUT2D eigenvalue weighted by molar-refractivity contribution is -0.135. The van der Waals surface area contributed by atoms with Crippen molar-refractivity contribution in [3.8, 4) is 0 Å². The van der Waals surface area contributed by atoms with E-state index in [2.05, 4.69) is 27.7 Å². The second-order valence-electron chi connectivity index (χ2n) is 4.69. The van der Waals surface area contributed by atoms with E-state index < -0.39 is 0 Å². The Morgan fingerprint density at radius 2 is 1.91 bits per heavy atom. The SMILES string of the molecule is C[C@H]1C[C@@H](C)C(=O)C(C)(C)C1. The number of ketones is 1. The molecular weight excluding hydrogens is 136 g/mol. The lowest BCUT2D eigenvalue weighted by atomic mass is 9.67. The van der Waals surface area contributed by atoms with Gasteiger partial charge in [-0.1, -0.05) is 27.7 Å². The molecule has 11 heavy (non-hydrogen) atoms. The normalized spacial score (nSPS) is 37.3. The van der Waals surface area contributed by atoms with E-state index in [-0.39, 0.29) is 11.3 Å². The van der Waals surface area contributed by atoms with Crippen LogP contribution in [-0.2, 0) is 4.79 Å². The fraction of sp³-hybridized carbons (Fsp3) is 0.900. The number of carbonyl (C=O) groups is 1.